The van der Waals surface area contributed by atoms with E-state index in [4.69, 9.17) is 0 Å². The van der Waals surface area contributed by atoms with Gasteiger partial charge in [-0.15, -0.1) is 0 Å². The van der Waals surface area contributed by atoms with Gasteiger partial charge in [0.1, 0.15) is 5.82 Å². The molecule has 16 heavy (non-hydrogen) atoms. The van der Waals surface area contributed by atoms with Crippen LogP contribution in [0.25, 0.3) is 0 Å². The average molecular weight is 221 g/mol. The van der Waals surface area contributed by atoms with E-state index in [-0.39, 0.29) is 0 Å². The Bertz CT molecular complexity index is 293. The minimum absolute atomic E-state index is 0.915. The van der Waals surface area contributed by atoms with Crippen LogP contribution in [0.2, 0.25) is 0 Å². The molecule has 1 aromatic heterocycles. The van der Waals surface area contributed by atoms with Gasteiger partial charge in [-0.25, -0.2) is 4.98 Å². The van der Waals surface area contributed by atoms with E-state index in [1.165, 1.54) is 18.5 Å². The maximum Gasteiger partial charge on any atom is 0.127 e. The van der Waals surface area contributed by atoms with Gasteiger partial charge in [0.25, 0.3) is 0 Å². The van der Waals surface area contributed by atoms with Crippen LogP contribution in [0.15, 0.2) is 18.3 Å². The van der Waals surface area contributed by atoms with E-state index >= 15 is 0 Å². The van der Waals surface area contributed by atoms with E-state index in [1.54, 1.807) is 0 Å². The molecule has 0 atom stereocenters. The zero-order chi connectivity index (χ0) is 11.8. The summed E-state index contributed by atoms with van der Waals surface area (Å²) >= 11 is 0. The van der Waals surface area contributed by atoms with E-state index in [1.807, 2.05) is 6.20 Å². The summed E-state index contributed by atoms with van der Waals surface area (Å²) in [6.07, 6.45) is 4.24. The van der Waals surface area contributed by atoms with E-state index in [0.717, 1.165) is 25.5 Å². The predicted octanol–water partition coefficient (Wildman–Crippen LogP) is 3.14. The summed E-state index contributed by atoms with van der Waals surface area (Å²) in [5.41, 5.74) is 1.27. The second-order valence-electron chi connectivity index (χ2n) is 3.92. The lowest BCUT2D eigenvalue weighted by Gasteiger charge is -2.24. The zero-order valence-corrected chi connectivity index (χ0v) is 10.7. The number of nitrogens with one attached hydrogen (secondary N) is 1. The van der Waals surface area contributed by atoms with Crippen molar-refractivity contribution in [1.29, 1.82) is 0 Å². The minimum atomic E-state index is 0.915. The van der Waals surface area contributed by atoms with Crippen molar-refractivity contribution in [3.05, 3.63) is 18.3 Å². The van der Waals surface area contributed by atoms with Crippen LogP contribution < -0.4 is 10.2 Å². The number of hydrogen-bond donors (Lipinski definition) is 1. The van der Waals surface area contributed by atoms with Crippen molar-refractivity contribution in [2.24, 2.45) is 0 Å². The summed E-state index contributed by atoms with van der Waals surface area (Å²) in [6, 6.07) is 4.22. The molecule has 0 aliphatic heterocycles. The maximum absolute atomic E-state index is 4.29. The van der Waals surface area contributed by atoms with Gasteiger partial charge in [-0.3, -0.25) is 0 Å². The molecule has 0 aliphatic rings. The highest BCUT2D eigenvalue weighted by molar-refractivity contribution is 5.53. The third-order valence-corrected chi connectivity index (χ3v) is 2.45. The molecule has 0 radical (unpaired) electrons. The van der Waals surface area contributed by atoms with E-state index in [0.29, 0.717) is 0 Å². The molecule has 0 amide bonds. The zero-order valence-electron chi connectivity index (χ0n) is 10.7. The molecular formula is C13H23N3. The molecule has 90 valence electrons. The van der Waals surface area contributed by atoms with Crippen molar-refractivity contribution in [3.8, 4) is 0 Å². The van der Waals surface area contributed by atoms with Gasteiger partial charge in [0, 0.05) is 37.6 Å². The van der Waals surface area contributed by atoms with Crippen LogP contribution >= 0.6 is 0 Å². The topological polar surface area (TPSA) is 28.2 Å². The summed E-state index contributed by atoms with van der Waals surface area (Å²) in [7, 11) is 0. The molecule has 1 rings (SSSR count). The monoisotopic (exact) mass is 221 g/mol. The number of nitrogens with zero attached hydrogens (tertiary/aromatic N) is 2. The molecule has 1 N–H and O–H groups in total. The lowest BCUT2D eigenvalue weighted by atomic mass is 10.3. The fourth-order valence-electron chi connectivity index (χ4n) is 1.80. The third kappa shape index (κ3) is 3.72. The van der Waals surface area contributed by atoms with Crippen LogP contribution in [0, 0.1) is 0 Å². The van der Waals surface area contributed by atoms with Gasteiger partial charge in [0.2, 0.25) is 0 Å². The lowest BCUT2D eigenvalue weighted by Crippen LogP contribution is -2.24. The van der Waals surface area contributed by atoms with Gasteiger partial charge in [-0.1, -0.05) is 13.8 Å². The molecule has 0 unspecified atom stereocenters. The lowest BCUT2D eigenvalue weighted by molar-refractivity contribution is 0.744. The van der Waals surface area contributed by atoms with Crippen molar-refractivity contribution in [2.75, 3.05) is 29.9 Å². The molecule has 0 aliphatic carbocycles. The molecule has 3 heteroatoms. The standard InChI is InChI=1S/C13H23N3/c1-4-9-16(10-5-2)12-7-8-15-13(11-12)14-6-3/h7-8,11H,4-6,9-10H2,1-3H3,(H,14,15). The maximum atomic E-state index is 4.29. The number of aromatic nitrogens is 1. The van der Waals surface area contributed by atoms with Gasteiger partial charge in [0.05, 0.1) is 0 Å². The Morgan fingerprint density at radius 2 is 1.88 bits per heavy atom. The molecule has 1 heterocycles. The molecule has 0 fully saturated rings. The largest absolute Gasteiger partial charge is 0.371 e. The van der Waals surface area contributed by atoms with Gasteiger partial charge in [-0.05, 0) is 25.8 Å². The molecule has 1 aromatic rings. The first-order valence-electron chi connectivity index (χ1n) is 6.26. The highest BCUT2D eigenvalue weighted by Gasteiger charge is 2.05. The van der Waals surface area contributed by atoms with Crippen molar-refractivity contribution in [1.82, 2.24) is 4.98 Å². The molecule has 0 aromatic carbocycles. The van der Waals surface area contributed by atoms with Crippen LogP contribution in [0.5, 0.6) is 0 Å². The molecule has 0 spiro atoms. The van der Waals surface area contributed by atoms with Gasteiger partial charge in [0.15, 0.2) is 0 Å². The summed E-state index contributed by atoms with van der Waals surface area (Å²) in [5, 5.41) is 3.25. The van der Waals surface area contributed by atoms with Crippen molar-refractivity contribution < 1.29 is 0 Å². The van der Waals surface area contributed by atoms with E-state index in [9.17, 15) is 0 Å². The van der Waals surface area contributed by atoms with Crippen molar-refractivity contribution in [2.45, 2.75) is 33.6 Å². The Labute approximate surface area is 98.9 Å². The number of pyridine rings is 1. The highest BCUT2D eigenvalue weighted by Crippen LogP contribution is 2.17. The van der Waals surface area contributed by atoms with Crippen molar-refractivity contribution >= 4 is 11.5 Å². The molecular weight excluding hydrogens is 198 g/mol. The number of rotatable bonds is 7. The minimum Gasteiger partial charge on any atom is -0.371 e. The quantitative estimate of drug-likeness (QED) is 0.766. The number of anilines is 2. The average Bonchev–Trinajstić information content (AvgIpc) is 2.30. The molecule has 0 saturated carbocycles. The van der Waals surface area contributed by atoms with Crippen LogP contribution in [0.4, 0.5) is 11.5 Å². The second kappa shape index (κ2) is 7.09. The summed E-state index contributed by atoms with van der Waals surface area (Å²) in [6.45, 7) is 9.67. The summed E-state index contributed by atoms with van der Waals surface area (Å²) < 4.78 is 0. The highest BCUT2D eigenvalue weighted by atomic mass is 15.1. The molecule has 0 bridgehead atoms. The van der Waals surface area contributed by atoms with E-state index in [2.05, 4.69) is 48.1 Å². The SMILES string of the molecule is CCCN(CCC)c1ccnc(NCC)c1. The molecule has 3 nitrogen and oxygen atoms in total. The van der Waals surface area contributed by atoms with Crippen LogP contribution in [0.3, 0.4) is 0 Å². The van der Waals surface area contributed by atoms with Crippen molar-refractivity contribution in [3.63, 3.8) is 0 Å². The second-order valence-corrected chi connectivity index (χ2v) is 3.92. The van der Waals surface area contributed by atoms with Gasteiger partial charge in [-0.2, -0.15) is 0 Å². The smallest absolute Gasteiger partial charge is 0.127 e. The Hall–Kier alpha value is -1.25. The Morgan fingerprint density at radius 1 is 1.19 bits per heavy atom. The Morgan fingerprint density at radius 3 is 2.44 bits per heavy atom. The van der Waals surface area contributed by atoms with Crippen LogP contribution in [-0.4, -0.2) is 24.6 Å². The summed E-state index contributed by atoms with van der Waals surface area (Å²) in [4.78, 5) is 6.71. The Balaban J connectivity index is 2.77. The van der Waals surface area contributed by atoms with Gasteiger partial charge >= 0.3 is 0 Å². The fraction of sp³-hybridized carbons (Fsp3) is 0.615. The summed E-state index contributed by atoms with van der Waals surface area (Å²) in [5.74, 6) is 0.970. The third-order valence-electron chi connectivity index (χ3n) is 2.45. The van der Waals surface area contributed by atoms with Crippen LogP contribution in [-0.2, 0) is 0 Å². The first-order chi connectivity index (χ1) is 7.81. The fourth-order valence-corrected chi connectivity index (χ4v) is 1.80. The normalized spacial score (nSPS) is 10.2. The predicted molar refractivity (Wildman–Crippen MR) is 71.2 cm³/mol. The number of hydrogen-bond acceptors (Lipinski definition) is 3. The Kier molecular flexibility index (Phi) is 5.68. The van der Waals surface area contributed by atoms with Gasteiger partial charge < -0.3 is 10.2 Å². The first kappa shape index (κ1) is 12.8. The van der Waals surface area contributed by atoms with Crippen LogP contribution in [0.1, 0.15) is 33.6 Å². The van der Waals surface area contributed by atoms with E-state index < -0.39 is 0 Å². The first-order valence-corrected chi connectivity index (χ1v) is 6.26. The molecule has 0 saturated heterocycles.